The van der Waals surface area contributed by atoms with E-state index < -0.39 is 12.1 Å². The number of rotatable bonds is 2. The summed E-state index contributed by atoms with van der Waals surface area (Å²) in [6.45, 7) is 6.44. The monoisotopic (exact) mass is 429 g/mol. The van der Waals surface area contributed by atoms with E-state index in [9.17, 15) is 9.59 Å². The SMILES string of the molecule is C=C(C)n1c2c(c3ccccc31)C[C@@H]1C(=O)N(C)CC(=O)N1[C@@H]2c1ccc2c(c1)OCO2. The molecule has 7 heteroatoms. The third kappa shape index (κ3) is 2.48. The maximum atomic E-state index is 13.4. The van der Waals surface area contributed by atoms with Gasteiger partial charge in [-0.25, -0.2) is 0 Å². The molecule has 0 aliphatic carbocycles. The number of carbonyl (C=O) groups excluding carboxylic acids is 2. The van der Waals surface area contributed by atoms with Crippen LogP contribution in [0.5, 0.6) is 11.5 Å². The second-order valence-electron chi connectivity index (χ2n) is 8.68. The number of hydrogen-bond acceptors (Lipinski definition) is 4. The number of para-hydroxylation sites is 1. The van der Waals surface area contributed by atoms with Crippen molar-refractivity contribution in [2.45, 2.75) is 25.4 Å². The Bertz CT molecular complexity index is 1320. The summed E-state index contributed by atoms with van der Waals surface area (Å²) in [4.78, 5) is 29.9. The zero-order valence-electron chi connectivity index (χ0n) is 18.0. The van der Waals surface area contributed by atoms with E-state index in [0.717, 1.165) is 33.4 Å². The van der Waals surface area contributed by atoms with Crippen molar-refractivity contribution in [3.05, 3.63) is 65.9 Å². The summed E-state index contributed by atoms with van der Waals surface area (Å²) < 4.78 is 13.3. The van der Waals surface area contributed by atoms with Crippen molar-refractivity contribution in [2.75, 3.05) is 20.4 Å². The van der Waals surface area contributed by atoms with Gasteiger partial charge in [0.05, 0.1) is 23.8 Å². The van der Waals surface area contributed by atoms with E-state index in [1.165, 1.54) is 4.90 Å². The highest BCUT2D eigenvalue weighted by atomic mass is 16.7. The maximum Gasteiger partial charge on any atom is 0.245 e. The van der Waals surface area contributed by atoms with Crippen LogP contribution >= 0.6 is 0 Å². The largest absolute Gasteiger partial charge is 0.454 e. The van der Waals surface area contributed by atoms with Gasteiger partial charge in [0.1, 0.15) is 6.04 Å². The second kappa shape index (κ2) is 6.63. The smallest absolute Gasteiger partial charge is 0.245 e. The number of benzene rings is 2. The Hall–Kier alpha value is -3.74. The molecule has 2 atom stereocenters. The first-order valence-corrected chi connectivity index (χ1v) is 10.7. The first kappa shape index (κ1) is 19.0. The van der Waals surface area contributed by atoms with Crippen LogP contribution in [0.3, 0.4) is 0 Å². The molecule has 7 nitrogen and oxygen atoms in total. The van der Waals surface area contributed by atoms with Crippen LogP contribution in [0.2, 0.25) is 0 Å². The summed E-state index contributed by atoms with van der Waals surface area (Å²) in [6.07, 6.45) is 0.478. The molecular weight excluding hydrogens is 406 g/mol. The molecule has 6 rings (SSSR count). The molecule has 0 unspecified atom stereocenters. The summed E-state index contributed by atoms with van der Waals surface area (Å²) in [7, 11) is 1.69. The van der Waals surface area contributed by atoms with E-state index >= 15 is 0 Å². The molecule has 1 aromatic heterocycles. The lowest BCUT2D eigenvalue weighted by atomic mass is 9.86. The summed E-state index contributed by atoms with van der Waals surface area (Å²) in [6, 6.07) is 12.9. The normalized spacial score (nSPS) is 21.7. The molecule has 0 N–H and O–H groups in total. The minimum atomic E-state index is -0.548. The summed E-state index contributed by atoms with van der Waals surface area (Å²) in [5.74, 6) is 1.23. The number of fused-ring (bicyclic) bond motifs is 5. The van der Waals surface area contributed by atoms with Crippen LogP contribution in [0, 0.1) is 0 Å². The first-order valence-electron chi connectivity index (χ1n) is 10.7. The van der Waals surface area contributed by atoms with Gasteiger partial charge < -0.3 is 23.8 Å². The van der Waals surface area contributed by atoms with Gasteiger partial charge in [-0.05, 0) is 36.2 Å². The minimum Gasteiger partial charge on any atom is -0.454 e. The fraction of sp³-hybridized carbons (Fsp3) is 0.280. The van der Waals surface area contributed by atoms with E-state index in [4.69, 9.17) is 9.47 Å². The Balaban J connectivity index is 1.67. The van der Waals surface area contributed by atoms with Crippen molar-refractivity contribution >= 4 is 28.4 Å². The molecule has 0 bridgehead atoms. The van der Waals surface area contributed by atoms with Crippen LogP contribution in [-0.2, 0) is 16.0 Å². The van der Waals surface area contributed by atoms with Gasteiger partial charge >= 0.3 is 0 Å². The van der Waals surface area contributed by atoms with Gasteiger partial charge in [0.2, 0.25) is 18.6 Å². The van der Waals surface area contributed by atoms with Crippen molar-refractivity contribution < 1.29 is 19.1 Å². The Morgan fingerprint density at radius 3 is 2.69 bits per heavy atom. The van der Waals surface area contributed by atoms with Crippen LogP contribution in [0.25, 0.3) is 16.6 Å². The van der Waals surface area contributed by atoms with E-state index in [0.29, 0.717) is 17.9 Å². The lowest BCUT2D eigenvalue weighted by molar-refractivity contribution is -0.157. The molecule has 1 fully saturated rings. The topological polar surface area (TPSA) is 64.0 Å². The zero-order valence-corrected chi connectivity index (χ0v) is 18.0. The molecule has 3 aliphatic rings. The zero-order chi connectivity index (χ0) is 22.1. The third-order valence-corrected chi connectivity index (χ3v) is 6.71. The van der Waals surface area contributed by atoms with Gasteiger partial charge in [0.15, 0.2) is 11.5 Å². The van der Waals surface area contributed by atoms with Crippen LogP contribution < -0.4 is 9.47 Å². The van der Waals surface area contributed by atoms with Crippen LogP contribution in [0.15, 0.2) is 49.0 Å². The summed E-state index contributed by atoms with van der Waals surface area (Å²) in [5, 5.41) is 1.09. The second-order valence-corrected chi connectivity index (χ2v) is 8.68. The molecule has 32 heavy (non-hydrogen) atoms. The van der Waals surface area contributed by atoms with E-state index in [1.54, 1.807) is 11.9 Å². The Morgan fingerprint density at radius 1 is 1.09 bits per heavy atom. The summed E-state index contributed by atoms with van der Waals surface area (Å²) >= 11 is 0. The van der Waals surface area contributed by atoms with Gasteiger partial charge in [-0.15, -0.1) is 0 Å². The predicted octanol–water partition coefficient (Wildman–Crippen LogP) is 3.18. The van der Waals surface area contributed by atoms with E-state index in [-0.39, 0.29) is 25.2 Å². The molecule has 0 saturated carbocycles. The number of likely N-dealkylation sites (N-methyl/N-ethyl adjacent to an activating group) is 1. The molecule has 0 radical (unpaired) electrons. The number of ether oxygens (including phenoxy) is 2. The fourth-order valence-electron chi connectivity index (χ4n) is 5.39. The third-order valence-electron chi connectivity index (χ3n) is 6.71. The highest BCUT2D eigenvalue weighted by Gasteiger charge is 2.48. The van der Waals surface area contributed by atoms with Crippen molar-refractivity contribution in [2.24, 2.45) is 0 Å². The number of piperazine rings is 1. The standard InChI is InChI=1S/C25H23N3O4/c1-14(2)27-18-7-5-4-6-16(18)17-11-19-25(30)26(3)12-22(29)28(19)23(24(17)27)15-8-9-20-21(10-15)32-13-31-20/h4-10,19,23H,1,11-13H2,2-3H3/t19-,23-/m1/s1. The molecule has 2 aromatic carbocycles. The molecule has 4 heterocycles. The van der Waals surface area contributed by atoms with Gasteiger partial charge in [0, 0.05) is 24.6 Å². The lowest BCUT2D eigenvalue weighted by Crippen LogP contribution is -2.62. The number of hydrogen-bond donors (Lipinski definition) is 0. The average molecular weight is 429 g/mol. The lowest BCUT2D eigenvalue weighted by Gasteiger charge is -2.46. The first-order chi connectivity index (χ1) is 15.5. The summed E-state index contributed by atoms with van der Waals surface area (Å²) in [5.41, 5.74) is 4.85. The Morgan fingerprint density at radius 2 is 1.88 bits per heavy atom. The Kier molecular flexibility index (Phi) is 3.93. The minimum absolute atomic E-state index is 0.0341. The molecule has 1 saturated heterocycles. The van der Waals surface area contributed by atoms with Gasteiger partial charge in [-0.3, -0.25) is 9.59 Å². The van der Waals surface area contributed by atoms with E-state index in [2.05, 4.69) is 23.3 Å². The van der Waals surface area contributed by atoms with Gasteiger partial charge in [0.25, 0.3) is 0 Å². The molecule has 3 aliphatic heterocycles. The van der Waals surface area contributed by atoms with Gasteiger partial charge in [-0.1, -0.05) is 30.8 Å². The molecule has 2 amide bonds. The van der Waals surface area contributed by atoms with Crippen LogP contribution in [0.1, 0.15) is 29.8 Å². The van der Waals surface area contributed by atoms with Crippen molar-refractivity contribution in [1.82, 2.24) is 14.4 Å². The molecule has 3 aromatic rings. The van der Waals surface area contributed by atoms with Crippen LogP contribution in [0.4, 0.5) is 0 Å². The van der Waals surface area contributed by atoms with E-state index in [1.807, 2.05) is 37.3 Å². The number of aromatic nitrogens is 1. The fourth-order valence-corrected chi connectivity index (χ4v) is 5.39. The van der Waals surface area contributed by atoms with Crippen LogP contribution in [-0.4, -0.2) is 52.6 Å². The van der Waals surface area contributed by atoms with Crippen molar-refractivity contribution in [3.8, 4) is 11.5 Å². The number of nitrogens with zero attached hydrogens (tertiary/aromatic N) is 3. The predicted molar refractivity (Wildman–Crippen MR) is 119 cm³/mol. The van der Waals surface area contributed by atoms with Gasteiger partial charge in [-0.2, -0.15) is 0 Å². The molecule has 0 spiro atoms. The quantitative estimate of drug-likeness (QED) is 0.628. The van der Waals surface area contributed by atoms with Crippen molar-refractivity contribution in [3.63, 3.8) is 0 Å². The molecular formula is C25H23N3O4. The maximum absolute atomic E-state index is 13.4. The average Bonchev–Trinajstić information content (AvgIpc) is 3.38. The van der Waals surface area contributed by atoms with Crippen molar-refractivity contribution in [1.29, 1.82) is 0 Å². The number of allylic oxidation sites excluding steroid dienone is 1. The Labute approximate surface area is 185 Å². The highest BCUT2D eigenvalue weighted by Crippen LogP contribution is 2.46. The molecule has 162 valence electrons. The number of carbonyl (C=O) groups is 2. The number of amides is 2. The highest BCUT2D eigenvalue weighted by molar-refractivity contribution is 5.98.